The van der Waals surface area contributed by atoms with Crippen LogP contribution in [0.4, 0.5) is 5.95 Å². The second-order valence-corrected chi connectivity index (χ2v) is 12.4. The zero-order chi connectivity index (χ0) is 30.6. The van der Waals surface area contributed by atoms with Gasteiger partial charge in [-0.1, -0.05) is 6.07 Å². The van der Waals surface area contributed by atoms with Crippen LogP contribution < -0.4 is 14.8 Å². The van der Waals surface area contributed by atoms with Gasteiger partial charge in [0.15, 0.2) is 0 Å². The van der Waals surface area contributed by atoms with Crippen molar-refractivity contribution in [2.24, 2.45) is 0 Å². The SMILES string of the molecule is COc1ccc(-c2cn(-c3ccc(C)c(C)c3)c(NC(=O)CN(CC3CCCO3)S(=O)(=O)c3ccc(OC)cc3)n2)cc1. The number of anilines is 1. The molecule has 1 atom stereocenters. The van der Waals surface area contributed by atoms with Crippen molar-refractivity contribution in [3.63, 3.8) is 0 Å². The standard InChI is InChI=1S/C32H36N4O6S/c1-22-7-10-25(18-23(22)2)36-20-30(24-8-11-26(40-3)12-9-24)33-32(36)34-31(37)21-35(19-28-6-5-17-42-28)43(38,39)29-15-13-27(41-4)14-16-29/h7-16,18,20,28H,5-6,17,19,21H2,1-4H3,(H,33,34,37). The van der Waals surface area contributed by atoms with Crippen molar-refractivity contribution in [1.29, 1.82) is 0 Å². The molecule has 0 aliphatic carbocycles. The number of imidazole rings is 1. The molecule has 1 N–H and O–H groups in total. The molecule has 5 rings (SSSR count). The molecule has 1 amide bonds. The third kappa shape index (κ3) is 6.90. The lowest BCUT2D eigenvalue weighted by atomic mass is 10.1. The molecule has 11 heteroatoms. The first-order valence-electron chi connectivity index (χ1n) is 14.0. The van der Waals surface area contributed by atoms with E-state index in [-0.39, 0.29) is 23.5 Å². The quantitative estimate of drug-likeness (QED) is 0.257. The minimum Gasteiger partial charge on any atom is -0.497 e. The van der Waals surface area contributed by atoms with E-state index in [1.807, 2.05) is 62.5 Å². The van der Waals surface area contributed by atoms with E-state index in [1.54, 1.807) is 23.8 Å². The van der Waals surface area contributed by atoms with Crippen molar-refractivity contribution in [3.05, 3.63) is 84.1 Å². The fraction of sp³-hybridized carbons (Fsp3) is 0.312. The Bertz CT molecular complexity index is 1680. The Hall–Kier alpha value is -4.19. The monoisotopic (exact) mass is 604 g/mol. The Morgan fingerprint density at radius 2 is 1.67 bits per heavy atom. The van der Waals surface area contributed by atoms with Gasteiger partial charge in [0.25, 0.3) is 0 Å². The zero-order valence-electron chi connectivity index (χ0n) is 24.7. The van der Waals surface area contributed by atoms with E-state index in [9.17, 15) is 13.2 Å². The van der Waals surface area contributed by atoms with Crippen LogP contribution in [0.3, 0.4) is 0 Å². The van der Waals surface area contributed by atoms with Crippen LogP contribution in [0.5, 0.6) is 11.5 Å². The maximum absolute atomic E-state index is 13.7. The highest BCUT2D eigenvalue weighted by atomic mass is 32.2. The first-order chi connectivity index (χ1) is 20.7. The maximum atomic E-state index is 13.7. The van der Waals surface area contributed by atoms with Gasteiger partial charge in [0.2, 0.25) is 21.9 Å². The summed E-state index contributed by atoms with van der Waals surface area (Å²) in [6, 6.07) is 19.6. The van der Waals surface area contributed by atoms with Gasteiger partial charge in [-0.2, -0.15) is 4.31 Å². The van der Waals surface area contributed by atoms with Crippen LogP contribution in [0.2, 0.25) is 0 Å². The van der Waals surface area contributed by atoms with Crippen LogP contribution in [0.15, 0.2) is 77.8 Å². The topological polar surface area (TPSA) is 112 Å². The molecule has 4 aromatic rings. The number of aromatic nitrogens is 2. The molecule has 0 radical (unpaired) electrons. The van der Waals surface area contributed by atoms with Gasteiger partial charge in [0, 0.05) is 30.6 Å². The molecule has 1 saturated heterocycles. The Morgan fingerprint density at radius 1 is 1.00 bits per heavy atom. The van der Waals surface area contributed by atoms with Crippen LogP contribution in [0, 0.1) is 13.8 Å². The zero-order valence-corrected chi connectivity index (χ0v) is 25.6. The average molecular weight is 605 g/mol. The number of nitrogens with zero attached hydrogens (tertiary/aromatic N) is 3. The number of amides is 1. The van der Waals surface area contributed by atoms with Crippen LogP contribution in [0.25, 0.3) is 16.9 Å². The van der Waals surface area contributed by atoms with Gasteiger partial charge in [0.05, 0.1) is 37.5 Å². The molecule has 1 aliphatic heterocycles. The summed E-state index contributed by atoms with van der Waals surface area (Å²) in [4.78, 5) is 18.4. The van der Waals surface area contributed by atoms with Gasteiger partial charge in [-0.3, -0.25) is 14.7 Å². The van der Waals surface area contributed by atoms with Crippen molar-refractivity contribution in [3.8, 4) is 28.4 Å². The number of nitrogens with one attached hydrogen (secondary N) is 1. The van der Waals surface area contributed by atoms with Gasteiger partial charge in [0.1, 0.15) is 11.5 Å². The van der Waals surface area contributed by atoms with Crippen molar-refractivity contribution >= 4 is 21.9 Å². The molecule has 1 fully saturated rings. The molecule has 0 spiro atoms. The first-order valence-corrected chi connectivity index (χ1v) is 15.5. The minimum absolute atomic E-state index is 0.0600. The number of rotatable bonds is 11. The number of ether oxygens (including phenoxy) is 3. The van der Waals surface area contributed by atoms with Crippen molar-refractivity contribution in [2.45, 2.75) is 37.7 Å². The van der Waals surface area contributed by atoms with E-state index in [0.717, 1.165) is 41.0 Å². The predicted molar refractivity (Wildman–Crippen MR) is 164 cm³/mol. The summed E-state index contributed by atoms with van der Waals surface area (Å²) in [5.41, 5.74) is 4.51. The van der Waals surface area contributed by atoms with E-state index in [4.69, 9.17) is 19.2 Å². The number of carbonyl (C=O) groups is 1. The van der Waals surface area contributed by atoms with E-state index in [0.29, 0.717) is 18.1 Å². The molecule has 43 heavy (non-hydrogen) atoms. The van der Waals surface area contributed by atoms with Gasteiger partial charge >= 0.3 is 0 Å². The summed E-state index contributed by atoms with van der Waals surface area (Å²) in [6.45, 7) is 4.26. The van der Waals surface area contributed by atoms with E-state index in [1.165, 1.54) is 23.5 Å². The highest BCUT2D eigenvalue weighted by Crippen LogP contribution is 2.28. The molecule has 2 heterocycles. The van der Waals surface area contributed by atoms with Gasteiger partial charge < -0.3 is 14.2 Å². The summed E-state index contributed by atoms with van der Waals surface area (Å²) in [6.07, 6.45) is 3.12. The lowest BCUT2D eigenvalue weighted by Gasteiger charge is -2.24. The number of benzene rings is 3. The second kappa shape index (κ2) is 13.0. The van der Waals surface area contributed by atoms with Crippen LogP contribution >= 0.6 is 0 Å². The van der Waals surface area contributed by atoms with Gasteiger partial charge in [-0.25, -0.2) is 13.4 Å². The molecule has 1 unspecified atom stereocenters. The summed E-state index contributed by atoms with van der Waals surface area (Å²) in [5.74, 6) is 1.01. The van der Waals surface area contributed by atoms with Gasteiger partial charge in [-0.15, -0.1) is 0 Å². The second-order valence-electron chi connectivity index (χ2n) is 10.5. The largest absolute Gasteiger partial charge is 0.497 e. The van der Waals surface area contributed by atoms with Crippen LogP contribution in [-0.2, 0) is 19.6 Å². The van der Waals surface area contributed by atoms with E-state index < -0.39 is 22.5 Å². The summed E-state index contributed by atoms with van der Waals surface area (Å²) < 4.78 is 46.6. The van der Waals surface area contributed by atoms with E-state index in [2.05, 4.69) is 5.32 Å². The molecule has 10 nitrogen and oxygen atoms in total. The van der Waals surface area contributed by atoms with Crippen molar-refractivity contribution in [1.82, 2.24) is 13.9 Å². The summed E-state index contributed by atoms with van der Waals surface area (Å²) in [7, 11) is -0.902. The maximum Gasteiger partial charge on any atom is 0.243 e. The fourth-order valence-electron chi connectivity index (χ4n) is 4.93. The Kier molecular flexibility index (Phi) is 9.14. The minimum atomic E-state index is -4.02. The Labute approximate surface area is 252 Å². The normalized spacial score (nSPS) is 15.0. The van der Waals surface area contributed by atoms with Crippen LogP contribution in [0.1, 0.15) is 24.0 Å². The number of hydrogen-bond donors (Lipinski definition) is 1. The van der Waals surface area contributed by atoms with Gasteiger partial charge in [-0.05, 0) is 98.5 Å². The Balaban J connectivity index is 1.45. The van der Waals surface area contributed by atoms with Crippen molar-refractivity contribution < 1.29 is 27.4 Å². The molecular formula is C32H36N4O6S. The third-order valence-corrected chi connectivity index (χ3v) is 9.39. The number of carbonyl (C=O) groups excluding carboxylic acids is 1. The molecular weight excluding hydrogens is 568 g/mol. The highest BCUT2D eigenvalue weighted by Gasteiger charge is 2.31. The molecule has 0 saturated carbocycles. The third-order valence-electron chi connectivity index (χ3n) is 7.56. The fourth-order valence-corrected chi connectivity index (χ4v) is 6.35. The molecule has 3 aromatic carbocycles. The lowest BCUT2D eigenvalue weighted by molar-refractivity contribution is -0.116. The van der Waals surface area contributed by atoms with Crippen molar-refractivity contribution in [2.75, 3.05) is 39.2 Å². The number of methoxy groups -OCH3 is 2. The number of aryl methyl sites for hydroxylation is 2. The molecule has 226 valence electrons. The average Bonchev–Trinajstić information content (AvgIpc) is 3.68. The molecule has 1 aromatic heterocycles. The number of hydrogen-bond acceptors (Lipinski definition) is 7. The highest BCUT2D eigenvalue weighted by molar-refractivity contribution is 7.89. The Morgan fingerprint density at radius 3 is 2.28 bits per heavy atom. The smallest absolute Gasteiger partial charge is 0.243 e. The number of sulfonamides is 1. The lowest BCUT2D eigenvalue weighted by Crippen LogP contribution is -2.42. The molecule has 0 bridgehead atoms. The first kappa shape index (κ1) is 30.3. The van der Waals surface area contributed by atoms with E-state index >= 15 is 0 Å². The molecule has 1 aliphatic rings. The predicted octanol–water partition coefficient (Wildman–Crippen LogP) is 4.98. The summed E-state index contributed by atoms with van der Waals surface area (Å²) >= 11 is 0. The van der Waals surface area contributed by atoms with Crippen LogP contribution in [-0.4, -0.2) is 68.2 Å². The summed E-state index contributed by atoms with van der Waals surface area (Å²) in [5, 5.41) is 2.87.